The van der Waals surface area contributed by atoms with Crippen LogP contribution in [0, 0.1) is 0 Å². The second-order valence-electron chi connectivity index (χ2n) is 4.26. The Hall–Kier alpha value is -1.80. The van der Waals surface area contributed by atoms with Gasteiger partial charge in [-0.1, -0.05) is 24.3 Å². The van der Waals surface area contributed by atoms with E-state index in [0.29, 0.717) is 0 Å². The lowest BCUT2D eigenvalue weighted by molar-refractivity contribution is 0.820. The largest absolute Gasteiger partial charge is 0.355 e. The van der Waals surface area contributed by atoms with E-state index in [0.717, 1.165) is 0 Å². The van der Waals surface area contributed by atoms with Gasteiger partial charge >= 0.3 is 0 Å². The molecule has 3 aromatic rings. The number of hydrogen-bond acceptors (Lipinski definition) is 1. The van der Waals surface area contributed by atoms with Gasteiger partial charge in [0.15, 0.2) is 0 Å². The highest BCUT2D eigenvalue weighted by molar-refractivity contribution is 6.07. The molecule has 0 aliphatic carbocycles. The number of para-hydroxylation sites is 1. The van der Waals surface area contributed by atoms with Gasteiger partial charge in [0.25, 0.3) is 0 Å². The number of fused-ring (bicyclic) bond motifs is 3. The van der Waals surface area contributed by atoms with Gasteiger partial charge in [0.1, 0.15) is 0 Å². The maximum Gasteiger partial charge on any atom is 0.0465 e. The SMILES string of the molecule is CC(N)c1ccc2[nH]c3ccccc3c2c1. The lowest BCUT2D eigenvalue weighted by Crippen LogP contribution is -2.04. The first-order valence-corrected chi connectivity index (χ1v) is 5.51. The highest BCUT2D eigenvalue weighted by atomic mass is 14.7. The van der Waals surface area contributed by atoms with Crippen molar-refractivity contribution in [1.82, 2.24) is 4.98 Å². The highest BCUT2D eigenvalue weighted by Gasteiger charge is 2.05. The minimum atomic E-state index is 0.0815. The van der Waals surface area contributed by atoms with Gasteiger partial charge in [-0.2, -0.15) is 0 Å². The molecular formula is C14H14N2. The first kappa shape index (κ1) is 9.43. The van der Waals surface area contributed by atoms with Crippen molar-refractivity contribution < 1.29 is 0 Å². The fourth-order valence-electron chi connectivity index (χ4n) is 2.15. The van der Waals surface area contributed by atoms with Crippen molar-refractivity contribution in [2.45, 2.75) is 13.0 Å². The summed E-state index contributed by atoms with van der Waals surface area (Å²) in [5.74, 6) is 0. The van der Waals surface area contributed by atoms with E-state index in [1.807, 2.05) is 13.0 Å². The normalized spacial score (nSPS) is 13.4. The summed E-state index contributed by atoms with van der Waals surface area (Å²) < 4.78 is 0. The van der Waals surface area contributed by atoms with Crippen LogP contribution in [0.4, 0.5) is 0 Å². The standard InChI is InChI=1S/C14H14N2/c1-9(15)10-6-7-14-12(8-10)11-4-2-3-5-13(11)16-14/h2-9,16H,15H2,1H3. The quantitative estimate of drug-likeness (QED) is 0.635. The van der Waals surface area contributed by atoms with Crippen LogP contribution < -0.4 is 5.73 Å². The second kappa shape index (κ2) is 3.35. The molecule has 2 aromatic carbocycles. The van der Waals surface area contributed by atoms with Gasteiger partial charge in [0.2, 0.25) is 0 Å². The first-order chi connectivity index (χ1) is 7.75. The monoisotopic (exact) mass is 210 g/mol. The van der Waals surface area contributed by atoms with E-state index < -0.39 is 0 Å². The molecule has 0 aliphatic heterocycles. The molecule has 0 bridgehead atoms. The number of aromatic nitrogens is 1. The third-order valence-corrected chi connectivity index (χ3v) is 3.06. The van der Waals surface area contributed by atoms with Gasteiger partial charge in [-0.3, -0.25) is 0 Å². The lowest BCUT2D eigenvalue weighted by Gasteiger charge is -2.04. The van der Waals surface area contributed by atoms with Gasteiger partial charge in [0.05, 0.1) is 0 Å². The Kier molecular flexibility index (Phi) is 1.98. The highest BCUT2D eigenvalue weighted by Crippen LogP contribution is 2.27. The fraction of sp³-hybridized carbons (Fsp3) is 0.143. The van der Waals surface area contributed by atoms with E-state index in [9.17, 15) is 0 Å². The number of aromatic amines is 1. The molecule has 0 amide bonds. The third kappa shape index (κ3) is 1.31. The predicted molar refractivity (Wildman–Crippen MR) is 68.4 cm³/mol. The zero-order valence-electron chi connectivity index (χ0n) is 9.20. The average molecular weight is 210 g/mol. The van der Waals surface area contributed by atoms with Crippen LogP contribution in [-0.4, -0.2) is 4.98 Å². The number of H-pyrrole nitrogens is 1. The molecule has 1 atom stereocenters. The molecule has 3 rings (SSSR count). The summed E-state index contributed by atoms with van der Waals surface area (Å²) in [6, 6.07) is 14.8. The number of nitrogens with two attached hydrogens (primary N) is 1. The van der Waals surface area contributed by atoms with Crippen LogP contribution in [0.3, 0.4) is 0 Å². The Morgan fingerprint density at radius 3 is 2.56 bits per heavy atom. The Bertz CT molecular complexity index is 650. The van der Waals surface area contributed by atoms with Crippen LogP contribution in [0.2, 0.25) is 0 Å². The van der Waals surface area contributed by atoms with Crippen LogP contribution >= 0.6 is 0 Å². The van der Waals surface area contributed by atoms with Crippen LogP contribution in [-0.2, 0) is 0 Å². The molecule has 0 radical (unpaired) electrons. The molecule has 0 fully saturated rings. The molecule has 1 aromatic heterocycles. The molecule has 2 heteroatoms. The van der Waals surface area contributed by atoms with Crippen LogP contribution in [0.25, 0.3) is 21.8 Å². The molecule has 0 saturated heterocycles. The molecule has 16 heavy (non-hydrogen) atoms. The van der Waals surface area contributed by atoms with Crippen LogP contribution in [0.5, 0.6) is 0 Å². The maximum absolute atomic E-state index is 5.91. The van der Waals surface area contributed by atoms with Crippen LogP contribution in [0.1, 0.15) is 18.5 Å². The van der Waals surface area contributed by atoms with Crippen LogP contribution in [0.15, 0.2) is 42.5 Å². The Balaban J connectivity index is 2.40. The molecule has 1 heterocycles. The van der Waals surface area contributed by atoms with Crippen molar-refractivity contribution in [3.8, 4) is 0 Å². The van der Waals surface area contributed by atoms with E-state index >= 15 is 0 Å². The summed E-state index contributed by atoms with van der Waals surface area (Å²) in [6.45, 7) is 2.01. The minimum absolute atomic E-state index is 0.0815. The molecule has 3 N–H and O–H groups in total. The molecule has 1 unspecified atom stereocenters. The van der Waals surface area contributed by atoms with E-state index in [-0.39, 0.29) is 6.04 Å². The molecule has 0 saturated carbocycles. The Morgan fingerprint density at radius 2 is 1.75 bits per heavy atom. The van der Waals surface area contributed by atoms with E-state index in [2.05, 4.69) is 41.4 Å². The van der Waals surface area contributed by atoms with Crippen molar-refractivity contribution in [3.63, 3.8) is 0 Å². The minimum Gasteiger partial charge on any atom is -0.355 e. The van der Waals surface area contributed by atoms with Crippen molar-refractivity contribution in [2.24, 2.45) is 5.73 Å². The summed E-state index contributed by atoms with van der Waals surface area (Å²) in [4.78, 5) is 3.40. The van der Waals surface area contributed by atoms with Crippen molar-refractivity contribution in [1.29, 1.82) is 0 Å². The van der Waals surface area contributed by atoms with E-state index in [1.165, 1.54) is 27.4 Å². The topological polar surface area (TPSA) is 41.8 Å². The van der Waals surface area contributed by atoms with Gasteiger partial charge in [-0.15, -0.1) is 0 Å². The molecule has 0 aliphatic rings. The van der Waals surface area contributed by atoms with E-state index in [4.69, 9.17) is 5.73 Å². The van der Waals surface area contributed by atoms with E-state index in [1.54, 1.807) is 0 Å². The average Bonchev–Trinajstić information content (AvgIpc) is 2.66. The molecule has 0 spiro atoms. The number of benzene rings is 2. The van der Waals surface area contributed by atoms with Crippen molar-refractivity contribution in [2.75, 3.05) is 0 Å². The zero-order chi connectivity index (χ0) is 11.1. The fourth-order valence-corrected chi connectivity index (χ4v) is 2.15. The Morgan fingerprint density at radius 1 is 1.00 bits per heavy atom. The molecule has 2 nitrogen and oxygen atoms in total. The number of nitrogens with one attached hydrogen (secondary N) is 1. The third-order valence-electron chi connectivity index (χ3n) is 3.06. The smallest absolute Gasteiger partial charge is 0.0465 e. The van der Waals surface area contributed by atoms with Crippen molar-refractivity contribution >= 4 is 21.8 Å². The number of hydrogen-bond donors (Lipinski definition) is 2. The molecular weight excluding hydrogens is 196 g/mol. The van der Waals surface area contributed by atoms with Gasteiger partial charge in [-0.05, 0) is 30.7 Å². The summed E-state index contributed by atoms with van der Waals surface area (Å²) in [5.41, 5.74) is 9.44. The zero-order valence-corrected chi connectivity index (χ0v) is 9.20. The second-order valence-corrected chi connectivity index (χ2v) is 4.26. The first-order valence-electron chi connectivity index (χ1n) is 5.51. The summed E-state index contributed by atoms with van der Waals surface area (Å²) in [5, 5.41) is 2.52. The Labute approximate surface area is 94.1 Å². The molecule has 80 valence electrons. The number of rotatable bonds is 1. The summed E-state index contributed by atoms with van der Waals surface area (Å²) in [7, 11) is 0. The van der Waals surface area contributed by atoms with Crippen molar-refractivity contribution in [3.05, 3.63) is 48.0 Å². The maximum atomic E-state index is 5.91. The predicted octanol–water partition coefficient (Wildman–Crippen LogP) is 3.34. The summed E-state index contributed by atoms with van der Waals surface area (Å²) >= 11 is 0. The summed E-state index contributed by atoms with van der Waals surface area (Å²) in [6.07, 6.45) is 0. The van der Waals surface area contributed by atoms with Gasteiger partial charge in [-0.25, -0.2) is 0 Å². The van der Waals surface area contributed by atoms with Gasteiger partial charge in [0, 0.05) is 27.8 Å². The lowest BCUT2D eigenvalue weighted by atomic mass is 10.1. The van der Waals surface area contributed by atoms with Gasteiger partial charge < -0.3 is 10.7 Å².